The molecule has 0 bridgehead atoms. The lowest BCUT2D eigenvalue weighted by molar-refractivity contribution is -0.384. The van der Waals surface area contributed by atoms with Gasteiger partial charge in [0.15, 0.2) is 0 Å². The Bertz CT molecular complexity index is 922. The molecule has 1 aliphatic heterocycles. The molecular formula is C20H23ClN2O8. The lowest BCUT2D eigenvalue weighted by Crippen LogP contribution is -2.66. The molecule has 1 saturated heterocycles. The van der Waals surface area contributed by atoms with Gasteiger partial charge in [-0.2, -0.15) is 0 Å². The van der Waals surface area contributed by atoms with E-state index in [1.165, 1.54) is 45.2 Å². The van der Waals surface area contributed by atoms with E-state index < -0.39 is 40.0 Å². The summed E-state index contributed by atoms with van der Waals surface area (Å²) in [7, 11) is 1.20. The van der Waals surface area contributed by atoms with Crippen molar-refractivity contribution in [2.24, 2.45) is 5.92 Å². The maximum absolute atomic E-state index is 12.7. The zero-order valence-electron chi connectivity index (χ0n) is 17.7. The van der Waals surface area contributed by atoms with Crippen molar-refractivity contribution in [1.29, 1.82) is 0 Å². The van der Waals surface area contributed by atoms with Crippen molar-refractivity contribution < 1.29 is 33.5 Å². The Morgan fingerprint density at radius 3 is 2.26 bits per heavy atom. The van der Waals surface area contributed by atoms with Crippen LogP contribution in [-0.4, -0.2) is 46.1 Å². The van der Waals surface area contributed by atoms with Crippen LogP contribution in [0.1, 0.15) is 33.3 Å². The normalized spacial score (nSPS) is 18.0. The largest absolute Gasteiger partial charge is 0.509 e. The van der Waals surface area contributed by atoms with E-state index >= 15 is 0 Å². The fraction of sp³-hybridized carbons (Fsp3) is 0.450. The first kappa shape index (κ1) is 24.1. The molecule has 0 aromatic heterocycles. The summed E-state index contributed by atoms with van der Waals surface area (Å²) in [5.41, 5.74) is -1.24. The number of β-lactam (4-membered cyclic amide) rings is 1. The van der Waals surface area contributed by atoms with Crippen LogP contribution < -0.4 is 0 Å². The predicted molar refractivity (Wildman–Crippen MR) is 109 cm³/mol. The van der Waals surface area contributed by atoms with Gasteiger partial charge >= 0.3 is 12.1 Å². The molecule has 1 amide bonds. The zero-order chi connectivity index (χ0) is 23.5. The predicted octanol–water partition coefficient (Wildman–Crippen LogP) is 3.52. The van der Waals surface area contributed by atoms with E-state index in [0.29, 0.717) is 11.1 Å². The van der Waals surface area contributed by atoms with Gasteiger partial charge in [0.25, 0.3) is 5.69 Å². The van der Waals surface area contributed by atoms with Crippen molar-refractivity contribution in [2.75, 3.05) is 7.11 Å². The number of hydrogen-bond acceptors (Lipinski definition) is 8. The third-order valence-corrected chi connectivity index (χ3v) is 5.16. The maximum atomic E-state index is 12.7. The summed E-state index contributed by atoms with van der Waals surface area (Å²) >= 11 is 6.37. The molecule has 0 unspecified atom stereocenters. The number of nitro groups is 1. The Kier molecular flexibility index (Phi) is 7.27. The van der Waals surface area contributed by atoms with Crippen LogP contribution in [-0.2, 0) is 30.4 Å². The van der Waals surface area contributed by atoms with Crippen LogP contribution in [0, 0.1) is 16.0 Å². The number of alkyl halides is 1. The summed E-state index contributed by atoms with van der Waals surface area (Å²) in [6.07, 6.45) is -1.03. The Morgan fingerprint density at radius 1 is 1.23 bits per heavy atom. The van der Waals surface area contributed by atoms with Gasteiger partial charge in [0.1, 0.15) is 29.3 Å². The van der Waals surface area contributed by atoms with Crippen LogP contribution in [0.4, 0.5) is 10.5 Å². The number of nitrogens with zero attached hydrogens (tertiary/aromatic N) is 2. The highest BCUT2D eigenvalue weighted by molar-refractivity contribution is 6.26. The van der Waals surface area contributed by atoms with Crippen molar-refractivity contribution in [2.45, 2.75) is 45.4 Å². The summed E-state index contributed by atoms with van der Waals surface area (Å²) in [5, 5.41) is 10.7. The lowest BCUT2D eigenvalue weighted by Gasteiger charge is -2.49. The number of allylic oxidation sites excluding steroid dienone is 1. The summed E-state index contributed by atoms with van der Waals surface area (Å²) in [4.78, 5) is 48.1. The first-order chi connectivity index (χ1) is 14.4. The smallest absolute Gasteiger partial charge is 0.464 e. The molecule has 1 fully saturated rings. The molecule has 0 saturated carbocycles. The van der Waals surface area contributed by atoms with Crippen molar-refractivity contribution in [3.63, 3.8) is 0 Å². The molecule has 0 spiro atoms. The average molecular weight is 455 g/mol. The molecule has 2 atom stereocenters. The third kappa shape index (κ3) is 5.13. The van der Waals surface area contributed by atoms with E-state index in [0.717, 1.165) is 4.90 Å². The number of carbonyl (C=O) groups is 3. The van der Waals surface area contributed by atoms with Crippen molar-refractivity contribution in [3.8, 4) is 0 Å². The fourth-order valence-corrected chi connectivity index (χ4v) is 3.73. The number of benzene rings is 1. The molecule has 1 aromatic rings. The fourth-order valence-electron chi connectivity index (χ4n) is 3.12. The second-order valence-corrected chi connectivity index (χ2v) is 8.01. The minimum atomic E-state index is -1.32. The lowest BCUT2D eigenvalue weighted by atomic mass is 9.82. The van der Waals surface area contributed by atoms with E-state index in [9.17, 15) is 24.5 Å². The number of amides is 1. The number of halogens is 1. The molecule has 168 valence electrons. The minimum absolute atomic E-state index is 0.0419. The molecule has 1 aromatic carbocycles. The van der Waals surface area contributed by atoms with E-state index in [1.807, 2.05) is 0 Å². The number of nitro benzene ring substituents is 1. The molecular weight excluding hydrogens is 432 g/mol. The van der Waals surface area contributed by atoms with Crippen LogP contribution in [0.15, 0.2) is 35.5 Å². The topological polar surface area (TPSA) is 125 Å². The van der Waals surface area contributed by atoms with Gasteiger partial charge < -0.3 is 14.2 Å². The molecule has 11 heteroatoms. The Morgan fingerprint density at radius 2 is 1.81 bits per heavy atom. The van der Waals surface area contributed by atoms with Gasteiger partial charge in [0.2, 0.25) is 5.91 Å². The quantitative estimate of drug-likeness (QED) is 0.116. The molecule has 1 heterocycles. The number of carbonyl (C=O) groups excluding carboxylic acids is 3. The minimum Gasteiger partial charge on any atom is -0.464 e. The van der Waals surface area contributed by atoms with Gasteiger partial charge in [-0.25, -0.2) is 9.59 Å². The van der Waals surface area contributed by atoms with Crippen LogP contribution >= 0.6 is 11.6 Å². The van der Waals surface area contributed by atoms with Crippen molar-refractivity contribution >= 4 is 35.3 Å². The van der Waals surface area contributed by atoms with Gasteiger partial charge in [0, 0.05) is 12.1 Å². The van der Waals surface area contributed by atoms with Gasteiger partial charge in [-0.1, -0.05) is 11.6 Å². The number of hydrogen-bond donors (Lipinski definition) is 0. The SMILES string of the molecule is COC(=O)C(=C(C)C)N1C(=O)[C@H](C(C)(C)OC(=O)OCc2ccc([N+](=O)[O-])cc2)[C@H]1Cl. The van der Waals surface area contributed by atoms with Crippen LogP contribution in [0.2, 0.25) is 0 Å². The number of rotatable bonds is 7. The molecule has 0 aliphatic carbocycles. The summed E-state index contributed by atoms with van der Waals surface area (Å²) in [5.74, 6) is -2.10. The second-order valence-electron chi connectivity index (χ2n) is 7.57. The molecule has 10 nitrogen and oxygen atoms in total. The maximum Gasteiger partial charge on any atom is 0.509 e. The van der Waals surface area contributed by atoms with Crippen molar-refractivity contribution in [3.05, 3.63) is 51.2 Å². The molecule has 2 rings (SSSR count). The average Bonchev–Trinajstić information content (AvgIpc) is 2.69. The Hall–Kier alpha value is -3.14. The number of ether oxygens (including phenoxy) is 3. The van der Waals surface area contributed by atoms with E-state index in [1.54, 1.807) is 13.8 Å². The number of methoxy groups -OCH3 is 1. The molecule has 1 aliphatic rings. The van der Waals surface area contributed by atoms with E-state index in [2.05, 4.69) is 0 Å². The van der Waals surface area contributed by atoms with Crippen LogP contribution in [0.5, 0.6) is 0 Å². The molecule has 31 heavy (non-hydrogen) atoms. The van der Waals surface area contributed by atoms with Crippen molar-refractivity contribution in [1.82, 2.24) is 4.90 Å². The summed E-state index contributed by atoms with van der Waals surface area (Å²) < 4.78 is 15.1. The molecule has 0 N–H and O–H groups in total. The Labute approximate surface area is 183 Å². The van der Waals surface area contributed by atoms with Gasteiger partial charge in [-0.3, -0.25) is 19.8 Å². The highest BCUT2D eigenvalue weighted by Gasteiger charge is 2.58. The van der Waals surface area contributed by atoms with E-state index in [4.69, 9.17) is 25.8 Å². The Balaban J connectivity index is 2.01. The van der Waals surface area contributed by atoms with Gasteiger partial charge in [-0.15, -0.1) is 0 Å². The van der Waals surface area contributed by atoms with Crippen LogP contribution in [0.25, 0.3) is 0 Å². The number of non-ortho nitro benzene ring substituents is 1. The highest BCUT2D eigenvalue weighted by Crippen LogP contribution is 2.42. The first-order valence-corrected chi connectivity index (χ1v) is 9.66. The monoisotopic (exact) mass is 454 g/mol. The van der Waals surface area contributed by atoms with E-state index in [-0.39, 0.29) is 18.0 Å². The van der Waals surface area contributed by atoms with Gasteiger partial charge in [-0.05, 0) is 51.0 Å². The van der Waals surface area contributed by atoms with Gasteiger partial charge in [0.05, 0.1) is 12.0 Å². The van der Waals surface area contributed by atoms with Crippen LogP contribution in [0.3, 0.4) is 0 Å². The summed E-state index contributed by atoms with van der Waals surface area (Å²) in [6, 6.07) is 5.48. The number of likely N-dealkylation sites (tertiary alicyclic amines) is 1. The third-order valence-electron chi connectivity index (χ3n) is 4.72. The first-order valence-electron chi connectivity index (χ1n) is 9.22. The molecule has 0 radical (unpaired) electrons. The highest BCUT2D eigenvalue weighted by atomic mass is 35.5. The standard InChI is InChI=1S/C20H23ClN2O8/c1-11(2)15(18(25)29-5)22-16(21)14(17(22)24)20(3,4)31-19(26)30-10-12-6-8-13(9-7-12)23(27)28/h6-9,14,16H,10H2,1-5H3/t14-,16+/m1/s1. The zero-order valence-corrected chi connectivity index (χ0v) is 18.5. The second kappa shape index (κ2) is 9.34. The number of esters is 1. The summed E-state index contributed by atoms with van der Waals surface area (Å²) in [6.45, 7) is 6.14.